The average molecular weight is 407 g/mol. The van der Waals surface area contributed by atoms with Crippen molar-refractivity contribution in [1.82, 2.24) is 9.97 Å². The van der Waals surface area contributed by atoms with E-state index in [9.17, 15) is 15.0 Å². The first kappa shape index (κ1) is 21.0. The number of nitrogens with one attached hydrogen (secondary N) is 1. The number of hydrogen-bond acceptors (Lipinski definition) is 10. The summed E-state index contributed by atoms with van der Waals surface area (Å²) in [7, 11) is 1.24. The first-order valence-electron chi connectivity index (χ1n) is 8.14. The van der Waals surface area contributed by atoms with E-state index < -0.39 is 30.3 Å². The van der Waals surface area contributed by atoms with Crippen molar-refractivity contribution in [2.24, 2.45) is 0 Å². The fourth-order valence-electron chi connectivity index (χ4n) is 2.50. The standard InChI is InChI=1S/C15H23ClN4O5S/c1-3-4-26-15-19-13(16)10(17)14(20-15)18-7-5-8(12(23)11(7)22)25-6-9(21)24-2/h7-8,11-12,22-23H,3-6,17H2,1-2H3,(H,18,19,20)/t7-,8+,11+,12-/m1/s1. The summed E-state index contributed by atoms with van der Waals surface area (Å²) in [6, 6.07) is -0.579. The lowest BCUT2D eigenvalue weighted by Gasteiger charge is -2.19. The highest BCUT2D eigenvalue weighted by molar-refractivity contribution is 7.99. The minimum absolute atomic E-state index is 0.118. The zero-order valence-electron chi connectivity index (χ0n) is 14.5. The number of nitrogens with zero attached hydrogens (tertiary/aromatic N) is 2. The van der Waals surface area contributed by atoms with Crippen molar-refractivity contribution in [3.05, 3.63) is 5.15 Å². The third-order valence-corrected chi connectivity index (χ3v) is 5.25. The average Bonchev–Trinajstić information content (AvgIpc) is 2.89. The second kappa shape index (κ2) is 9.56. The summed E-state index contributed by atoms with van der Waals surface area (Å²) in [5, 5.41) is 24.0. The van der Waals surface area contributed by atoms with Crippen molar-refractivity contribution in [3.8, 4) is 0 Å². The van der Waals surface area contributed by atoms with Gasteiger partial charge in [0.15, 0.2) is 16.1 Å². The molecule has 0 spiro atoms. The first-order chi connectivity index (χ1) is 12.4. The molecular formula is C15H23ClN4O5S. The number of nitrogen functional groups attached to an aromatic ring is 1. The molecule has 26 heavy (non-hydrogen) atoms. The minimum atomic E-state index is -1.16. The number of esters is 1. The number of aliphatic hydroxyl groups is 2. The summed E-state index contributed by atoms with van der Waals surface area (Å²) in [5.74, 6) is 0.550. The molecule has 1 saturated carbocycles. The number of aromatic nitrogens is 2. The van der Waals surface area contributed by atoms with E-state index in [4.69, 9.17) is 22.1 Å². The topological polar surface area (TPSA) is 140 Å². The van der Waals surface area contributed by atoms with E-state index in [0.29, 0.717) is 5.16 Å². The summed E-state index contributed by atoms with van der Waals surface area (Å²) in [5.41, 5.74) is 6.08. The van der Waals surface area contributed by atoms with Crippen LogP contribution >= 0.6 is 23.4 Å². The van der Waals surface area contributed by atoms with E-state index in [0.717, 1.165) is 12.2 Å². The third-order valence-electron chi connectivity index (χ3n) is 3.91. The van der Waals surface area contributed by atoms with E-state index in [-0.39, 0.29) is 29.7 Å². The maximum Gasteiger partial charge on any atom is 0.331 e. The molecule has 11 heteroatoms. The number of thioether (sulfide) groups is 1. The van der Waals surface area contributed by atoms with Crippen molar-refractivity contribution in [1.29, 1.82) is 0 Å². The van der Waals surface area contributed by atoms with Gasteiger partial charge in [-0.2, -0.15) is 0 Å². The quantitative estimate of drug-likeness (QED) is 0.211. The Kier molecular flexibility index (Phi) is 7.71. The van der Waals surface area contributed by atoms with E-state index in [1.54, 1.807) is 0 Å². The van der Waals surface area contributed by atoms with E-state index in [2.05, 4.69) is 20.0 Å². The molecule has 0 unspecified atom stereocenters. The molecule has 0 aromatic carbocycles. The van der Waals surface area contributed by atoms with Crippen LogP contribution in [0.3, 0.4) is 0 Å². The third kappa shape index (κ3) is 5.10. The van der Waals surface area contributed by atoms with Crippen molar-refractivity contribution in [2.75, 3.05) is 30.5 Å². The maximum atomic E-state index is 11.2. The normalized spacial score (nSPS) is 25.3. The number of hydrogen-bond donors (Lipinski definition) is 4. The van der Waals surface area contributed by atoms with Crippen LogP contribution < -0.4 is 11.1 Å². The fraction of sp³-hybridized carbons (Fsp3) is 0.667. The minimum Gasteiger partial charge on any atom is -0.467 e. The van der Waals surface area contributed by atoms with Gasteiger partial charge < -0.3 is 30.7 Å². The van der Waals surface area contributed by atoms with Crippen LogP contribution in [-0.4, -0.2) is 70.0 Å². The number of carbonyl (C=O) groups excluding carboxylic acids is 1. The van der Waals surface area contributed by atoms with Crippen LogP contribution in [0.15, 0.2) is 5.16 Å². The second-order valence-corrected chi connectivity index (χ2v) is 7.22. The number of methoxy groups -OCH3 is 1. The van der Waals surface area contributed by atoms with Gasteiger partial charge in [-0.1, -0.05) is 30.3 Å². The molecule has 0 amide bonds. The van der Waals surface area contributed by atoms with Gasteiger partial charge in [0.2, 0.25) is 0 Å². The van der Waals surface area contributed by atoms with Gasteiger partial charge in [-0.05, 0) is 12.8 Å². The SMILES string of the molecule is CCCSc1nc(Cl)c(N)c(N[C@@H]2C[C@H](OCC(=O)OC)[C@@H](O)[C@H]2O)n1. The Hall–Kier alpha value is -1.33. The van der Waals surface area contributed by atoms with Crippen LogP contribution in [0.25, 0.3) is 0 Å². The molecular weight excluding hydrogens is 384 g/mol. The number of anilines is 2. The summed E-state index contributed by atoms with van der Waals surface area (Å²) in [6.07, 6.45) is -1.82. The number of carbonyl (C=O) groups is 1. The summed E-state index contributed by atoms with van der Waals surface area (Å²) >= 11 is 7.50. The van der Waals surface area contributed by atoms with Crippen molar-refractivity contribution >= 4 is 40.8 Å². The number of halogens is 1. The van der Waals surface area contributed by atoms with Crippen LogP contribution in [0, 0.1) is 0 Å². The van der Waals surface area contributed by atoms with Gasteiger partial charge in [-0.25, -0.2) is 14.8 Å². The largest absolute Gasteiger partial charge is 0.467 e. The van der Waals surface area contributed by atoms with Gasteiger partial charge in [0.05, 0.1) is 19.3 Å². The van der Waals surface area contributed by atoms with Crippen LogP contribution in [0.1, 0.15) is 19.8 Å². The van der Waals surface area contributed by atoms with Crippen LogP contribution in [0.4, 0.5) is 11.5 Å². The predicted molar refractivity (Wildman–Crippen MR) is 98.3 cm³/mol. The number of nitrogens with two attached hydrogens (primary N) is 1. The molecule has 1 aromatic rings. The van der Waals surface area contributed by atoms with Gasteiger partial charge in [-0.15, -0.1) is 0 Å². The maximum absolute atomic E-state index is 11.2. The number of rotatable bonds is 8. The predicted octanol–water partition coefficient (Wildman–Crippen LogP) is 0.678. The molecule has 0 aliphatic heterocycles. The molecule has 9 nitrogen and oxygen atoms in total. The van der Waals surface area contributed by atoms with Gasteiger partial charge in [0.25, 0.3) is 0 Å². The van der Waals surface area contributed by atoms with Crippen LogP contribution in [-0.2, 0) is 14.3 Å². The van der Waals surface area contributed by atoms with Gasteiger partial charge in [0, 0.05) is 5.75 Å². The highest BCUT2D eigenvalue weighted by atomic mass is 35.5. The molecule has 0 radical (unpaired) electrons. The molecule has 146 valence electrons. The zero-order chi connectivity index (χ0) is 19.3. The molecule has 0 saturated heterocycles. The van der Waals surface area contributed by atoms with Gasteiger partial charge >= 0.3 is 5.97 Å². The summed E-state index contributed by atoms with van der Waals surface area (Å²) in [6.45, 7) is 1.73. The Morgan fingerprint density at radius 3 is 2.81 bits per heavy atom. The molecule has 2 rings (SSSR count). The highest BCUT2D eigenvalue weighted by Crippen LogP contribution is 2.31. The first-order valence-corrected chi connectivity index (χ1v) is 9.50. The van der Waals surface area contributed by atoms with Gasteiger partial charge in [-0.3, -0.25) is 0 Å². The molecule has 1 fully saturated rings. The van der Waals surface area contributed by atoms with Crippen molar-refractivity contribution in [2.45, 2.75) is 49.3 Å². The Morgan fingerprint density at radius 2 is 2.15 bits per heavy atom. The Morgan fingerprint density at radius 1 is 1.42 bits per heavy atom. The number of aliphatic hydroxyl groups excluding tert-OH is 2. The molecule has 1 aliphatic carbocycles. The zero-order valence-corrected chi connectivity index (χ0v) is 16.1. The van der Waals surface area contributed by atoms with E-state index >= 15 is 0 Å². The molecule has 1 aliphatic rings. The Bertz CT molecular complexity index is 638. The van der Waals surface area contributed by atoms with E-state index in [1.165, 1.54) is 18.9 Å². The molecule has 5 N–H and O–H groups in total. The van der Waals surface area contributed by atoms with Gasteiger partial charge in [0.1, 0.15) is 24.5 Å². The lowest BCUT2D eigenvalue weighted by Crippen LogP contribution is -2.37. The van der Waals surface area contributed by atoms with Crippen molar-refractivity contribution in [3.63, 3.8) is 0 Å². The smallest absolute Gasteiger partial charge is 0.331 e. The summed E-state index contributed by atoms with van der Waals surface area (Å²) in [4.78, 5) is 19.6. The molecule has 1 heterocycles. The molecule has 0 bridgehead atoms. The second-order valence-electron chi connectivity index (χ2n) is 5.80. The molecule has 4 atom stereocenters. The fourth-order valence-corrected chi connectivity index (χ4v) is 3.42. The molecule has 1 aromatic heterocycles. The van der Waals surface area contributed by atoms with E-state index in [1.807, 2.05) is 6.92 Å². The summed E-state index contributed by atoms with van der Waals surface area (Å²) < 4.78 is 9.81. The van der Waals surface area contributed by atoms with Crippen molar-refractivity contribution < 1.29 is 24.5 Å². The number of ether oxygens (including phenoxy) is 2. The van der Waals surface area contributed by atoms with Crippen LogP contribution in [0.2, 0.25) is 5.15 Å². The monoisotopic (exact) mass is 406 g/mol. The van der Waals surface area contributed by atoms with Crippen LogP contribution in [0.5, 0.6) is 0 Å². The Balaban J connectivity index is 2.07. The lowest BCUT2D eigenvalue weighted by molar-refractivity contribution is -0.150. The lowest BCUT2D eigenvalue weighted by atomic mass is 10.2. The highest BCUT2D eigenvalue weighted by Gasteiger charge is 2.43. The Labute approximate surface area is 160 Å².